The van der Waals surface area contributed by atoms with Crippen LogP contribution in [0.25, 0.3) is 0 Å². The predicted molar refractivity (Wildman–Crippen MR) is 359 cm³/mol. The number of carbonyl (C=O) groups is 1. The van der Waals surface area contributed by atoms with Gasteiger partial charge in [0.25, 0.3) is 0 Å². The lowest BCUT2D eigenvalue weighted by molar-refractivity contribution is -0.359. The Morgan fingerprint density at radius 3 is 1.25 bits per heavy atom. The van der Waals surface area contributed by atoms with Crippen LogP contribution >= 0.6 is 0 Å². The number of hydrogen-bond acceptors (Lipinski definition) is 13. The molecule has 2 fully saturated rings. The Labute approximate surface area is 532 Å². The zero-order valence-corrected chi connectivity index (χ0v) is 54.4. The summed E-state index contributed by atoms with van der Waals surface area (Å²) < 4.78 is 22.8. The highest BCUT2D eigenvalue weighted by molar-refractivity contribution is 5.76. The van der Waals surface area contributed by atoms with E-state index in [1.54, 1.807) is 6.08 Å². The zero-order valence-electron chi connectivity index (χ0n) is 54.4. The highest BCUT2D eigenvalue weighted by Crippen LogP contribution is 2.30. The number of aliphatic hydroxyl groups excluding tert-OH is 8. The molecule has 0 spiro atoms. The highest BCUT2D eigenvalue weighted by atomic mass is 16.7. The Morgan fingerprint density at radius 2 is 0.795 bits per heavy atom. The molecule has 0 aromatic rings. The Hall–Kier alpha value is -3.87. The van der Waals surface area contributed by atoms with Crippen LogP contribution in [0.15, 0.2) is 134 Å². The molecule has 9 N–H and O–H groups in total. The number of aliphatic hydroxyl groups is 8. The van der Waals surface area contributed by atoms with Gasteiger partial charge in [0, 0.05) is 6.42 Å². The average molecular weight is 1230 g/mol. The molecular weight excluding hydrogens is 1110 g/mol. The fourth-order valence-corrected chi connectivity index (χ4v) is 10.3. The van der Waals surface area contributed by atoms with Crippen molar-refractivity contribution >= 4 is 5.91 Å². The molecule has 0 aliphatic carbocycles. The van der Waals surface area contributed by atoms with E-state index < -0.39 is 86.8 Å². The van der Waals surface area contributed by atoms with Crippen LogP contribution in [0.3, 0.4) is 0 Å². The Kier molecular flexibility index (Phi) is 52.0. The fraction of sp³-hybridized carbons (Fsp3) is 0.689. The van der Waals surface area contributed by atoms with Crippen molar-refractivity contribution in [2.45, 2.75) is 306 Å². The van der Waals surface area contributed by atoms with Gasteiger partial charge >= 0.3 is 0 Å². The molecule has 12 unspecified atom stereocenters. The molecule has 14 heteroatoms. The van der Waals surface area contributed by atoms with Gasteiger partial charge in [-0.1, -0.05) is 250 Å². The van der Waals surface area contributed by atoms with Crippen molar-refractivity contribution in [3.63, 3.8) is 0 Å². The molecule has 1 amide bonds. The van der Waals surface area contributed by atoms with Crippen LogP contribution in [0.4, 0.5) is 0 Å². The molecule has 0 aromatic carbocycles. The van der Waals surface area contributed by atoms with Crippen LogP contribution in [0.5, 0.6) is 0 Å². The highest BCUT2D eigenvalue weighted by Gasteiger charge is 2.51. The summed E-state index contributed by atoms with van der Waals surface area (Å²) in [6, 6.07) is -0.946. The summed E-state index contributed by atoms with van der Waals surface area (Å²) in [5.74, 6) is -0.259. The topological polar surface area (TPSA) is 228 Å². The first-order valence-electron chi connectivity index (χ1n) is 34.4. The van der Waals surface area contributed by atoms with E-state index in [-0.39, 0.29) is 18.9 Å². The summed E-state index contributed by atoms with van der Waals surface area (Å²) >= 11 is 0. The third-order valence-corrected chi connectivity index (χ3v) is 15.8. The molecule has 0 radical (unpaired) electrons. The lowest BCUT2D eigenvalue weighted by Crippen LogP contribution is -2.65. The van der Waals surface area contributed by atoms with E-state index in [0.717, 1.165) is 103 Å². The largest absolute Gasteiger partial charge is 0.394 e. The Balaban J connectivity index is 1.62. The van der Waals surface area contributed by atoms with Crippen molar-refractivity contribution in [2.24, 2.45) is 0 Å². The van der Waals surface area contributed by atoms with E-state index in [1.165, 1.54) is 96.3 Å². The Bertz CT molecular complexity index is 1990. The quantitative estimate of drug-likeness (QED) is 0.0204. The summed E-state index contributed by atoms with van der Waals surface area (Å²) in [5.41, 5.74) is 0. The van der Waals surface area contributed by atoms with Gasteiger partial charge in [0.2, 0.25) is 5.91 Å². The third kappa shape index (κ3) is 40.8. The molecule has 14 nitrogen and oxygen atoms in total. The summed E-state index contributed by atoms with van der Waals surface area (Å²) in [7, 11) is 0. The van der Waals surface area contributed by atoms with E-state index >= 15 is 0 Å². The number of hydrogen-bond donors (Lipinski definition) is 9. The average Bonchev–Trinajstić information content (AvgIpc) is 2.99. The molecular formula is C74H123NO13. The number of allylic oxidation sites excluding steroid dienone is 21. The number of amides is 1. The minimum atomic E-state index is -1.80. The van der Waals surface area contributed by atoms with E-state index in [4.69, 9.17) is 18.9 Å². The summed E-state index contributed by atoms with van der Waals surface area (Å²) in [6.07, 6.45) is 68.0. The summed E-state index contributed by atoms with van der Waals surface area (Å²) in [6.45, 7) is 2.63. The first kappa shape index (κ1) is 80.2. The molecule has 0 bridgehead atoms. The second kappa shape index (κ2) is 57.1. The van der Waals surface area contributed by atoms with Gasteiger partial charge in [-0.05, 0) is 109 Å². The molecule has 502 valence electrons. The number of unbranched alkanes of at least 4 members (excludes halogenated alkanes) is 21. The van der Waals surface area contributed by atoms with Gasteiger partial charge in [-0.15, -0.1) is 0 Å². The molecule has 0 aromatic heterocycles. The minimum Gasteiger partial charge on any atom is -0.394 e. The maximum Gasteiger partial charge on any atom is 0.220 e. The lowest BCUT2D eigenvalue weighted by Gasteiger charge is -2.46. The van der Waals surface area contributed by atoms with Crippen LogP contribution < -0.4 is 5.32 Å². The first-order valence-corrected chi connectivity index (χ1v) is 34.4. The monoisotopic (exact) mass is 1230 g/mol. The molecule has 12 atom stereocenters. The number of nitrogens with one attached hydrogen (secondary N) is 1. The van der Waals surface area contributed by atoms with Crippen molar-refractivity contribution in [1.82, 2.24) is 5.32 Å². The van der Waals surface area contributed by atoms with Crippen molar-refractivity contribution in [3.8, 4) is 0 Å². The fourth-order valence-electron chi connectivity index (χ4n) is 10.3. The van der Waals surface area contributed by atoms with Crippen LogP contribution in [-0.4, -0.2) is 140 Å². The molecule has 0 saturated carbocycles. The molecule has 2 aliphatic heterocycles. The van der Waals surface area contributed by atoms with E-state index in [9.17, 15) is 45.6 Å². The lowest BCUT2D eigenvalue weighted by atomic mass is 9.97. The van der Waals surface area contributed by atoms with E-state index in [2.05, 4.69) is 141 Å². The van der Waals surface area contributed by atoms with E-state index in [0.29, 0.717) is 12.8 Å². The van der Waals surface area contributed by atoms with Gasteiger partial charge in [0.1, 0.15) is 48.8 Å². The van der Waals surface area contributed by atoms with Crippen LogP contribution in [0.1, 0.15) is 232 Å². The van der Waals surface area contributed by atoms with Crippen LogP contribution in [-0.2, 0) is 23.7 Å². The number of carbonyl (C=O) groups excluding carboxylic acids is 1. The van der Waals surface area contributed by atoms with Crippen molar-refractivity contribution in [3.05, 3.63) is 134 Å². The molecule has 88 heavy (non-hydrogen) atoms. The third-order valence-electron chi connectivity index (χ3n) is 15.8. The van der Waals surface area contributed by atoms with Gasteiger partial charge in [0.15, 0.2) is 12.6 Å². The van der Waals surface area contributed by atoms with Crippen molar-refractivity contribution < 1.29 is 64.6 Å². The number of rotatable bonds is 54. The van der Waals surface area contributed by atoms with Gasteiger partial charge in [-0.2, -0.15) is 0 Å². The summed E-state index contributed by atoms with van der Waals surface area (Å²) in [5, 5.41) is 87.2. The van der Waals surface area contributed by atoms with Crippen LogP contribution in [0, 0.1) is 0 Å². The predicted octanol–water partition coefficient (Wildman–Crippen LogP) is 13.9. The van der Waals surface area contributed by atoms with Gasteiger partial charge in [-0.25, -0.2) is 0 Å². The maximum absolute atomic E-state index is 13.3. The van der Waals surface area contributed by atoms with Gasteiger partial charge in [0.05, 0.1) is 32.0 Å². The van der Waals surface area contributed by atoms with Crippen molar-refractivity contribution in [1.29, 1.82) is 0 Å². The smallest absolute Gasteiger partial charge is 0.220 e. The summed E-state index contributed by atoms with van der Waals surface area (Å²) in [4.78, 5) is 13.3. The molecule has 2 saturated heterocycles. The second-order valence-corrected chi connectivity index (χ2v) is 23.5. The molecule has 2 aliphatic rings. The van der Waals surface area contributed by atoms with Crippen molar-refractivity contribution in [2.75, 3.05) is 19.8 Å². The van der Waals surface area contributed by atoms with Crippen LogP contribution in [0.2, 0.25) is 0 Å². The molecule has 2 rings (SSSR count). The zero-order chi connectivity index (χ0) is 63.8. The number of ether oxygens (including phenoxy) is 4. The normalized spacial score (nSPS) is 24.0. The first-order chi connectivity index (χ1) is 43.1. The minimum absolute atomic E-state index is 0.259. The SMILES string of the molecule is CC/C=C\C/C=C\C/C=C\C/C=C\C/C=C\C/C=C\C/C=C\C/C=C\CCCCCCCCCCCCCCCCC(=O)NC(COC1OC(CO)C(OC2OC(CO)C(O)C(O)C2O)C(O)C1O)C(O)/C=C/CC/C=C/CC/C=C/CCCCCCC. The van der Waals surface area contributed by atoms with E-state index in [1.807, 2.05) is 6.08 Å². The molecule has 2 heterocycles. The Morgan fingerprint density at radius 1 is 0.420 bits per heavy atom. The van der Waals surface area contributed by atoms with Gasteiger partial charge < -0.3 is 65.1 Å². The second-order valence-electron chi connectivity index (χ2n) is 23.5. The maximum atomic E-state index is 13.3. The standard InChI is InChI=1S/C74H123NO13/c1-3-5-7-9-11-13-15-17-19-20-21-22-23-24-25-26-27-28-29-30-31-32-33-34-35-36-37-38-39-40-41-42-44-46-48-50-52-54-56-58-66(79)75-62(63(78)57-55-53-51-49-47-45-43-18-16-14-12-10-8-6-4-2)61-85-73-71(84)69(82)72(65(60-77)87-73)88-74-70(83)68(81)67(80)64(59-76)86-74/h5,7,11,13,16-19,21-22,24-25,27-28,30-31,33-34,47,49,55,57,62-65,67-74,76-78,80-84H,3-4,6,8-10,12,14-15,20,23,26,29,32,35-46,48,50-54,56,58-61H2,1-2H3,(H,75,79)/b7-5-,13-11-,18-16+,19-17-,22-21-,25-24-,28-27-,31-30-,34-33-,49-47+,57-55+. The van der Waals surface area contributed by atoms with Gasteiger partial charge in [-0.3, -0.25) is 4.79 Å².